The van der Waals surface area contributed by atoms with E-state index in [2.05, 4.69) is 34.2 Å². The maximum Gasteiger partial charge on any atom is 0.139 e. The molecule has 4 rings (SSSR count). The van der Waals surface area contributed by atoms with E-state index in [-0.39, 0.29) is 11.7 Å². The Morgan fingerprint density at radius 3 is 2.83 bits per heavy atom. The van der Waals surface area contributed by atoms with Crippen LogP contribution in [-0.2, 0) is 6.54 Å². The lowest BCUT2D eigenvalue weighted by atomic mass is 9.99. The molecule has 0 bridgehead atoms. The molecule has 0 spiro atoms. The number of nitrogens with two attached hydrogens (primary N) is 1. The fraction of sp³-hybridized carbons (Fsp3) is 0.227. The number of nitrogens with one attached hydrogen (secondary N) is 1. The van der Waals surface area contributed by atoms with Crippen LogP contribution in [0.2, 0.25) is 0 Å². The number of nitrogens with zero attached hydrogens (tertiary/aromatic N) is 4. The molecule has 0 aliphatic rings. The van der Waals surface area contributed by atoms with Crippen molar-refractivity contribution in [2.75, 3.05) is 11.1 Å². The number of halogens is 1. The molecule has 1 atom stereocenters. The molecule has 0 radical (unpaired) electrons. The Kier molecular flexibility index (Phi) is 5.12. The van der Waals surface area contributed by atoms with Crippen molar-refractivity contribution in [3.63, 3.8) is 0 Å². The largest absolute Gasteiger partial charge is 0.383 e. The van der Waals surface area contributed by atoms with Crippen molar-refractivity contribution in [1.29, 1.82) is 0 Å². The van der Waals surface area contributed by atoms with Gasteiger partial charge >= 0.3 is 0 Å². The van der Waals surface area contributed by atoms with E-state index in [1.807, 2.05) is 35.1 Å². The van der Waals surface area contributed by atoms with Crippen LogP contribution < -0.4 is 11.1 Å². The average molecular weight is 390 g/mol. The minimum absolute atomic E-state index is 0.244. The van der Waals surface area contributed by atoms with E-state index < -0.39 is 0 Å². The quantitative estimate of drug-likeness (QED) is 0.492. The van der Waals surface area contributed by atoms with Gasteiger partial charge in [-0.2, -0.15) is 5.10 Å². The number of anilines is 3. The fourth-order valence-corrected chi connectivity index (χ4v) is 3.43. The second-order valence-electron chi connectivity index (χ2n) is 7.16. The summed E-state index contributed by atoms with van der Waals surface area (Å²) in [6.07, 6.45) is 4.22. The number of aromatic nitrogens is 4. The highest BCUT2D eigenvalue weighted by Gasteiger charge is 2.15. The van der Waals surface area contributed by atoms with Gasteiger partial charge in [0.15, 0.2) is 0 Å². The maximum atomic E-state index is 13.5. The standard InChI is InChI=1S/C22H23FN6/c1-3-14(2)20-21(24)25-13-26-22(20)28-18-7-8-19-16(10-18)11-27-29(19)12-15-5-4-6-17(23)9-15/h4-11,13-14H,3,12H2,1-2H3,(H3,24,25,26,28). The van der Waals surface area contributed by atoms with Gasteiger partial charge in [0.1, 0.15) is 23.8 Å². The summed E-state index contributed by atoms with van der Waals surface area (Å²) in [5.41, 5.74) is 9.76. The molecule has 0 fully saturated rings. The maximum absolute atomic E-state index is 13.5. The summed E-state index contributed by atoms with van der Waals surface area (Å²) in [4.78, 5) is 8.53. The molecule has 0 saturated heterocycles. The summed E-state index contributed by atoms with van der Waals surface area (Å²) < 4.78 is 15.3. The lowest BCUT2D eigenvalue weighted by Crippen LogP contribution is -2.07. The van der Waals surface area contributed by atoms with Gasteiger partial charge in [0.05, 0.1) is 18.3 Å². The first kappa shape index (κ1) is 18.9. The van der Waals surface area contributed by atoms with Crippen molar-refractivity contribution in [3.05, 3.63) is 71.9 Å². The Morgan fingerprint density at radius 2 is 2.03 bits per heavy atom. The average Bonchev–Trinajstić information content (AvgIpc) is 3.09. The van der Waals surface area contributed by atoms with Crippen molar-refractivity contribution in [2.24, 2.45) is 0 Å². The first-order valence-electron chi connectivity index (χ1n) is 9.62. The lowest BCUT2D eigenvalue weighted by Gasteiger charge is -2.16. The third kappa shape index (κ3) is 3.89. The molecule has 6 nitrogen and oxygen atoms in total. The van der Waals surface area contributed by atoms with Crippen LogP contribution >= 0.6 is 0 Å². The Labute approximate surface area is 168 Å². The Balaban J connectivity index is 1.62. The number of hydrogen-bond donors (Lipinski definition) is 2. The lowest BCUT2D eigenvalue weighted by molar-refractivity contribution is 0.621. The van der Waals surface area contributed by atoms with E-state index in [1.54, 1.807) is 6.07 Å². The van der Waals surface area contributed by atoms with Gasteiger partial charge in [-0.3, -0.25) is 4.68 Å². The van der Waals surface area contributed by atoms with E-state index in [1.165, 1.54) is 18.5 Å². The van der Waals surface area contributed by atoms with Crippen LogP contribution in [0.4, 0.5) is 21.7 Å². The topological polar surface area (TPSA) is 81.7 Å². The van der Waals surface area contributed by atoms with Crippen LogP contribution in [0.5, 0.6) is 0 Å². The minimum atomic E-state index is -0.244. The van der Waals surface area contributed by atoms with Gasteiger partial charge in [-0.05, 0) is 48.2 Å². The molecule has 2 aromatic carbocycles. The number of nitrogen functional groups attached to an aromatic ring is 1. The molecule has 148 valence electrons. The van der Waals surface area contributed by atoms with Crippen LogP contribution in [0.15, 0.2) is 55.0 Å². The number of rotatable bonds is 6. The Hall–Kier alpha value is -3.48. The molecular weight excluding hydrogens is 367 g/mol. The van der Waals surface area contributed by atoms with E-state index in [0.29, 0.717) is 12.4 Å². The SMILES string of the molecule is CCC(C)c1c(N)ncnc1Nc1ccc2c(cnn2Cc2cccc(F)c2)c1. The molecule has 0 aliphatic carbocycles. The van der Waals surface area contributed by atoms with Gasteiger partial charge in [0.25, 0.3) is 0 Å². The van der Waals surface area contributed by atoms with Crippen LogP contribution in [0, 0.1) is 5.82 Å². The zero-order chi connectivity index (χ0) is 20.4. The number of hydrogen-bond acceptors (Lipinski definition) is 5. The highest BCUT2D eigenvalue weighted by molar-refractivity contribution is 5.83. The summed E-state index contributed by atoms with van der Waals surface area (Å²) in [6.45, 7) is 4.73. The predicted octanol–water partition coefficient (Wildman–Crippen LogP) is 4.85. The summed E-state index contributed by atoms with van der Waals surface area (Å²) in [5.74, 6) is 1.22. The van der Waals surface area contributed by atoms with E-state index >= 15 is 0 Å². The van der Waals surface area contributed by atoms with Gasteiger partial charge in [-0.15, -0.1) is 0 Å². The molecular formula is C22H23FN6. The number of fused-ring (bicyclic) bond motifs is 1. The third-order valence-corrected chi connectivity index (χ3v) is 5.15. The van der Waals surface area contributed by atoms with Crippen molar-refractivity contribution in [2.45, 2.75) is 32.7 Å². The monoisotopic (exact) mass is 390 g/mol. The number of benzene rings is 2. The Morgan fingerprint density at radius 1 is 1.17 bits per heavy atom. The first-order valence-corrected chi connectivity index (χ1v) is 9.62. The molecule has 0 saturated carbocycles. The molecule has 0 amide bonds. The van der Waals surface area contributed by atoms with Gasteiger partial charge in [0.2, 0.25) is 0 Å². The Bertz CT molecular complexity index is 1150. The van der Waals surface area contributed by atoms with Crippen LogP contribution in [0.3, 0.4) is 0 Å². The molecule has 29 heavy (non-hydrogen) atoms. The highest BCUT2D eigenvalue weighted by atomic mass is 19.1. The highest BCUT2D eigenvalue weighted by Crippen LogP contribution is 2.31. The van der Waals surface area contributed by atoms with E-state index in [0.717, 1.165) is 40.0 Å². The third-order valence-electron chi connectivity index (χ3n) is 5.15. The van der Waals surface area contributed by atoms with Crippen LogP contribution in [-0.4, -0.2) is 19.7 Å². The van der Waals surface area contributed by atoms with E-state index in [4.69, 9.17) is 5.73 Å². The summed E-state index contributed by atoms with van der Waals surface area (Å²) in [5, 5.41) is 8.82. The van der Waals surface area contributed by atoms with Crippen molar-refractivity contribution in [1.82, 2.24) is 19.7 Å². The van der Waals surface area contributed by atoms with Crippen LogP contribution in [0.25, 0.3) is 10.9 Å². The van der Waals surface area contributed by atoms with Gasteiger partial charge in [0, 0.05) is 16.6 Å². The van der Waals surface area contributed by atoms with Gasteiger partial charge in [-0.1, -0.05) is 26.0 Å². The molecule has 7 heteroatoms. The molecule has 2 aromatic heterocycles. The molecule has 2 heterocycles. The van der Waals surface area contributed by atoms with E-state index in [9.17, 15) is 4.39 Å². The van der Waals surface area contributed by atoms with Gasteiger partial charge < -0.3 is 11.1 Å². The predicted molar refractivity (Wildman–Crippen MR) is 114 cm³/mol. The molecule has 4 aromatic rings. The van der Waals surface area contributed by atoms with Crippen molar-refractivity contribution < 1.29 is 4.39 Å². The van der Waals surface area contributed by atoms with Gasteiger partial charge in [-0.25, -0.2) is 14.4 Å². The molecule has 0 aliphatic heterocycles. The first-order chi connectivity index (χ1) is 14.0. The zero-order valence-electron chi connectivity index (χ0n) is 16.4. The smallest absolute Gasteiger partial charge is 0.139 e. The van der Waals surface area contributed by atoms with Crippen molar-refractivity contribution in [3.8, 4) is 0 Å². The normalized spacial score (nSPS) is 12.2. The molecule has 3 N–H and O–H groups in total. The summed E-state index contributed by atoms with van der Waals surface area (Å²) >= 11 is 0. The summed E-state index contributed by atoms with van der Waals surface area (Å²) in [7, 11) is 0. The summed E-state index contributed by atoms with van der Waals surface area (Å²) in [6, 6.07) is 12.6. The van der Waals surface area contributed by atoms with Crippen molar-refractivity contribution >= 4 is 28.2 Å². The zero-order valence-corrected chi connectivity index (χ0v) is 16.4. The fourth-order valence-electron chi connectivity index (χ4n) is 3.43. The second kappa shape index (κ2) is 7.87. The minimum Gasteiger partial charge on any atom is -0.383 e. The second-order valence-corrected chi connectivity index (χ2v) is 7.16. The molecule has 1 unspecified atom stereocenters. The van der Waals surface area contributed by atoms with Crippen LogP contribution in [0.1, 0.15) is 37.3 Å².